The van der Waals surface area contributed by atoms with Crippen molar-refractivity contribution in [1.29, 1.82) is 5.26 Å². The fourth-order valence-electron chi connectivity index (χ4n) is 2.18. The van der Waals surface area contributed by atoms with Gasteiger partial charge in [-0.25, -0.2) is 0 Å². The quantitative estimate of drug-likeness (QED) is 0.643. The molecule has 6 nitrogen and oxygen atoms in total. The van der Waals surface area contributed by atoms with Crippen LogP contribution >= 0.6 is 0 Å². The number of hydrogen-bond donors (Lipinski definition) is 1. The molecule has 1 amide bonds. The largest absolute Gasteiger partial charge is 0.351 e. The fraction of sp³-hybridized carbons (Fsp3) is 0.467. The van der Waals surface area contributed by atoms with Crippen molar-refractivity contribution in [3.05, 3.63) is 39.4 Å². The second-order valence-electron chi connectivity index (χ2n) is 4.90. The van der Waals surface area contributed by atoms with E-state index < -0.39 is 10.3 Å². The molecule has 0 aliphatic heterocycles. The van der Waals surface area contributed by atoms with Crippen LogP contribution < -0.4 is 5.32 Å². The minimum Gasteiger partial charge on any atom is -0.351 e. The van der Waals surface area contributed by atoms with Crippen LogP contribution in [0.5, 0.6) is 0 Å². The first-order chi connectivity index (χ1) is 9.91. The van der Waals surface area contributed by atoms with E-state index in [2.05, 4.69) is 11.4 Å². The van der Waals surface area contributed by atoms with E-state index >= 15 is 0 Å². The standard InChI is InChI=1S/C15H19N3O3/c1-4-15(5-2,10-16)14(19)17-9-12-7-6-8-13(11(12)3)18(20)21/h6-8H,4-5,9H2,1-3H3,(H,17,19). The summed E-state index contributed by atoms with van der Waals surface area (Å²) in [5.41, 5.74) is 0.198. The highest BCUT2D eigenvalue weighted by Gasteiger charge is 2.34. The van der Waals surface area contributed by atoms with Crippen LogP contribution in [0.1, 0.15) is 37.8 Å². The molecule has 0 saturated carbocycles. The van der Waals surface area contributed by atoms with Gasteiger partial charge in [-0.3, -0.25) is 14.9 Å². The monoisotopic (exact) mass is 289 g/mol. The van der Waals surface area contributed by atoms with Crippen LogP contribution in [0, 0.1) is 33.8 Å². The van der Waals surface area contributed by atoms with E-state index in [1.165, 1.54) is 6.07 Å². The molecule has 0 spiro atoms. The van der Waals surface area contributed by atoms with Gasteiger partial charge in [0.15, 0.2) is 0 Å². The van der Waals surface area contributed by atoms with E-state index in [-0.39, 0.29) is 18.1 Å². The van der Waals surface area contributed by atoms with Gasteiger partial charge in [-0.05, 0) is 25.3 Å². The molecular weight excluding hydrogens is 270 g/mol. The van der Waals surface area contributed by atoms with Crippen LogP contribution in [-0.4, -0.2) is 10.8 Å². The van der Waals surface area contributed by atoms with Gasteiger partial charge < -0.3 is 5.32 Å². The predicted molar refractivity (Wildman–Crippen MR) is 78.3 cm³/mol. The number of nitrogens with zero attached hydrogens (tertiary/aromatic N) is 2. The lowest BCUT2D eigenvalue weighted by atomic mass is 9.83. The first-order valence-electron chi connectivity index (χ1n) is 6.84. The number of nitriles is 1. The minimum atomic E-state index is -1.03. The zero-order valence-electron chi connectivity index (χ0n) is 12.5. The van der Waals surface area contributed by atoms with Crippen LogP contribution in [0.3, 0.4) is 0 Å². The maximum Gasteiger partial charge on any atom is 0.272 e. The Morgan fingerprint density at radius 3 is 2.52 bits per heavy atom. The Morgan fingerprint density at radius 1 is 1.43 bits per heavy atom. The third kappa shape index (κ3) is 3.37. The van der Waals surface area contributed by atoms with Gasteiger partial charge in [0.25, 0.3) is 5.69 Å². The molecule has 0 aromatic heterocycles. The molecule has 0 aliphatic carbocycles. The van der Waals surface area contributed by atoms with Crippen LogP contribution in [0.4, 0.5) is 5.69 Å². The van der Waals surface area contributed by atoms with Crippen LogP contribution in [0.2, 0.25) is 0 Å². The van der Waals surface area contributed by atoms with Gasteiger partial charge >= 0.3 is 0 Å². The van der Waals surface area contributed by atoms with Crippen LogP contribution in [-0.2, 0) is 11.3 Å². The summed E-state index contributed by atoms with van der Waals surface area (Å²) in [7, 11) is 0. The van der Waals surface area contributed by atoms with Crippen molar-refractivity contribution in [2.75, 3.05) is 0 Å². The fourth-order valence-corrected chi connectivity index (χ4v) is 2.18. The maximum atomic E-state index is 12.2. The summed E-state index contributed by atoms with van der Waals surface area (Å²) in [5, 5.41) is 22.8. The number of amides is 1. The van der Waals surface area contributed by atoms with Gasteiger partial charge in [0.2, 0.25) is 5.91 Å². The van der Waals surface area contributed by atoms with Gasteiger partial charge in [-0.2, -0.15) is 5.26 Å². The van der Waals surface area contributed by atoms with Gasteiger partial charge in [0.1, 0.15) is 5.41 Å². The molecule has 0 radical (unpaired) electrons. The van der Waals surface area contributed by atoms with E-state index in [0.29, 0.717) is 24.0 Å². The van der Waals surface area contributed by atoms with Crippen molar-refractivity contribution in [1.82, 2.24) is 5.32 Å². The van der Waals surface area contributed by atoms with E-state index in [0.717, 1.165) is 0 Å². The average Bonchev–Trinajstić information content (AvgIpc) is 2.48. The molecule has 0 unspecified atom stereocenters. The summed E-state index contributed by atoms with van der Waals surface area (Å²) in [6.45, 7) is 5.42. The van der Waals surface area contributed by atoms with E-state index in [1.807, 2.05) is 0 Å². The smallest absolute Gasteiger partial charge is 0.272 e. The summed E-state index contributed by atoms with van der Waals surface area (Å²) >= 11 is 0. The summed E-state index contributed by atoms with van der Waals surface area (Å²) in [6, 6.07) is 6.82. The number of nitro groups is 1. The lowest BCUT2D eigenvalue weighted by molar-refractivity contribution is -0.385. The summed E-state index contributed by atoms with van der Waals surface area (Å²) in [6.07, 6.45) is 0.861. The van der Waals surface area contributed by atoms with Crippen LogP contribution in [0.25, 0.3) is 0 Å². The first kappa shape index (κ1) is 16.6. The molecule has 1 aromatic carbocycles. The highest BCUT2D eigenvalue weighted by molar-refractivity contribution is 5.85. The molecule has 6 heteroatoms. The van der Waals surface area contributed by atoms with Crippen molar-refractivity contribution in [3.8, 4) is 6.07 Å². The number of carbonyl (C=O) groups is 1. The van der Waals surface area contributed by atoms with Crippen molar-refractivity contribution in [3.63, 3.8) is 0 Å². The zero-order chi connectivity index (χ0) is 16.0. The SMILES string of the molecule is CCC(C#N)(CC)C(=O)NCc1cccc([N+](=O)[O-])c1C. The Hall–Kier alpha value is -2.42. The normalized spacial score (nSPS) is 10.8. The molecule has 0 bridgehead atoms. The van der Waals surface area contributed by atoms with Gasteiger partial charge in [0, 0.05) is 18.2 Å². The number of rotatable bonds is 6. The molecule has 1 aromatic rings. The molecule has 112 valence electrons. The van der Waals surface area contributed by atoms with Gasteiger partial charge in [-0.1, -0.05) is 26.0 Å². The number of nitrogens with one attached hydrogen (secondary N) is 1. The maximum absolute atomic E-state index is 12.2. The molecule has 0 fully saturated rings. The molecule has 0 aliphatic rings. The van der Waals surface area contributed by atoms with E-state index in [9.17, 15) is 20.2 Å². The second-order valence-corrected chi connectivity index (χ2v) is 4.90. The first-order valence-corrected chi connectivity index (χ1v) is 6.84. The lowest BCUT2D eigenvalue weighted by Gasteiger charge is -2.22. The molecule has 0 heterocycles. The van der Waals surface area contributed by atoms with Crippen molar-refractivity contribution < 1.29 is 9.72 Å². The Labute approximate surface area is 123 Å². The topological polar surface area (TPSA) is 96.0 Å². The Morgan fingerprint density at radius 2 is 2.05 bits per heavy atom. The number of hydrogen-bond acceptors (Lipinski definition) is 4. The second kappa shape index (κ2) is 6.84. The molecule has 21 heavy (non-hydrogen) atoms. The van der Waals surface area contributed by atoms with Crippen molar-refractivity contribution >= 4 is 11.6 Å². The molecular formula is C15H19N3O3. The summed E-state index contributed by atoms with van der Waals surface area (Å²) in [4.78, 5) is 22.6. The molecule has 0 atom stereocenters. The Bertz CT molecular complexity index is 586. The van der Waals surface area contributed by atoms with E-state index in [1.54, 1.807) is 32.9 Å². The molecule has 1 rings (SSSR count). The highest BCUT2D eigenvalue weighted by Crippen LogP contribution is 2.26. The Balaban J connectivity index is 2.90. The average molecular weight is 289 g/mol. The highest BCUT2D eigenvalue weighted by atomic mass is 16.6. The predicted octanol–water partition coefficient (Wildman–Crippen LogP) is 2.85. The third-order valence-corrected chi connectivity index (χ3v) is 3.91. The molecule has 0 saturated heterocycles. The van der Waals surface area contributed by atoms with Gasteiger partial charge in [-0.15, -0.1) is 0 Å². The zero-order valence-corrected chi connectivity index (χ0v) is 12.5. The van der Waals surface area contributed by atoms with Crippen molar-refractivity contribution in [2.45, 2.75) is 40.2 Å². The van der Waals surface area contributed by atoms with E-state index in [4.69, 9.17) is 0 Å². The summed E-state index contributed by atoms with van der Waals surface area (Å²) < 4.78 is 0. The third-order valence-electron chi connectivity index (χ3n) is 3.91. The van der Waals surface area contributed by atoms with Gasteiger partial charge in [0.05, 0.1) is 11.0 Å². The van der Waals surface area contributed by atoms with Crippen LogP contribution in [0.15, 0.2) is 18.2 Å². The van der Waals surface area contributed by atoms with Crippen molar-refractivity contribution in [2.24, 2.45) is 5.41 Å². The Kier molecular flexibility index (Phi) is 5.42. The summed E-state index contributed by atoms with van der Waals surface area (Å²) in [5.74, 6) is -0.332. The number of benzene rings is 1. The number of nitro benzene ring substituents is 1. The molecule has 1 N–H and O–H groups in total. The lowest BCUT2D eigenvalue weighted by Crippen LogP contribution is -2.39. The minimum absolute atomic E-state index is 0.0271. The number of carbonyl (C=O) groups excluding carboxylic acids is 1.